The Morgan fingerprint density at radius 2 is 2.31 bits per heavy atom. The highest BCUT2D eigenvalue weighted by atomic mass is 35.5. The third-order valence-electron chi connectivity index (χ3n) is 2.73. The van der Waals surface area contributed by atoms with Crippen LogP contribution in [0.15, 0.2) is 12.1 Å². The lowest BCUT2D eigenvalue weighted by molar-refractivity contribution is 0.00294. The van der Waals surface area contributed by atoms with E-state index in [0.29, 0.717) is 28.8 Å². The van der Waals surface area contributed by atoms with Crippen molar-refractivity contribution in [1.29, 1.82) is 0 Å². The lowest BCUT2D eigenvalue weighted by Crippen LogP contribution is -2.41. The highest BCUT2D eigenvalue weighted by Gasteiger charge is 2.29. The first-order chi connectivity index (χ1) is 7.69. The molecule has 0 amide bonds. The van der Waals surface area contributed by atoms with Crippen LogP contribution >= 0.6 is 11.6 Å². The first kappa shape index (κ1) is 11.5. The number of nitrogens with zero attached hydrogens (tertiary/aromatic N) is 1. The summed E-state index contributed by atoms with van der Waals surface area (Å²) in [4.78, 5) is 4.15. The SMILES string of the molecule is CCOC1CC(Nc2nc(Cl)ccc2N)C1. The van der Waals surface area contributed by atoms with E-state index in [1.165, 1.54) is 0 Å². The number of hydrogen-bond donors (Lipinski definition) is 2. The van der Waals surface area contributed by atoms with Gasteiger partial charge in [0.1, 0.15) is 5.15 Å². The molecule has 1 aromatic rings. The van der Waals surface area contributed by atoms with Crippen molar-refractivity contribution in [2.45, 2.75) is 31.9 Å². The van der Waals surface area contributed by atoms with Crippen LogP contribution in [0, 0.1) is 0 Å². The Hall–Kier alpha value is -1.00. The largest absolute Gasteiger partial charge is 0.396 e. The minimum absolute atomic E-state index is 0.378. The van der Waals surface area contributed by atoms with Crippen molar-refractivity contribution in [3.05, 3.63) is 17.3 Å². The van der Waals surface area contributed by atoms with Gasteiger partial charge in [0.15, 0.2) is 5.82 Å². The molecule has 1 aliphatic carbocycles. The van der Waals surface area contributed by atoms with Crippen molar-refractivity contribution in [2.24, 2.45) is 0 Å². The molecule has 3 N–H and O–H groups in total. The number of halogens is 1. The fourth-order valence-electron chi connectivity index (χ4n) is 1.81. The maximum atomic E-state index is 5.81. The first-order valence-corrected chi connectivity index (χ1v) is 5.87. The molecular formula is C11H16ClN3O. The van der Waals surface area contributed by atoms with Gasteiger partial charge in [-0.3, -0.25) is 0 Å². The minimum Gasteiger partial charge on any atom is -0.396 e. The molecule has 1 fully saturated rings. The molecule has 16 heavy (non-hydrogen) atoms. The summed E-state index contributed by atoms with van der Waals surface area (Å²) in [5.41, 5.74) is 6.42. The third kappa shape index (κ3) is 2.57. The molecule has 0 spiro atoms. The maximum absolute atomic E-state index is 5.81. The Labute approximate surface area is 100 Å². The molecule has 1 heterocycles. The summed E-state index contributed by atoms with van der Waals surface area (Å²) in [6.07, 6.45) is 2.38. The number of nitrogen functional groups attached to an aromatic ring is 1. The highest BCUT2D eigenvalue weighted by molar-refractivity contribution is 6.29. The number of ether oxygens (including phenoxy) is 1. The van der Waals surface area contributed by atoms with E-state index in [0.717, 1.165) is 19.4 Å². The standard InChI is InChI=1S/C11H16ClN3O/c1-2-16-8-5-7(6-8)14-11-9(13)3-4-10(12)15-11/h3-4,7-8H,2,5-6,13H2,1H3,(H,14,15). The second-order valence-corrected chi connectivity index (χ2v) is 4.35. The van der Waals surface area contributed by atoms with Crippen LogP contribution in [0.25, 0.3) is 0 Å². The predicted octanol–water partition coefficient (Wildman–Crippen LogP) is 2.30. The van der Waals surface area contributed by atoms with E-state index < -0.39 is 0 Å². The maximum Gasteiger partial charge on any atom is 0.151 e. The molecule has 0 aliphatic heterocycles. The summed E-state index contributed by atoms with van der Waals surface area (Å²) < 4.78 is 5.48. The van der Waals surface area contributed by atoms with Gasteiger partial charge in [-0.15, -0.1) is 0 Å². The van der Waals surface area contributed by atoms with Crippen LogP contribution in [-0.2, 0) is 4.74 Å². The molecule has 1 aromatic heterocycles. The lowest BCUT2D eigenvalue weighted by atomic mass is 9.89. The van der Waals surface area contributed by atoms with Gasteiger partial charge in [0.05, 0.1) is 11.8 Å². The van der Waals surface area contributed by atoms with Crippen LogP contribution in [0.5, 0.6) is 0 Å². The van der Waals surface area contributed by atoms with Crippen LogP contribution in [0.4, 0.5) is 11.5 Å². The molecule has 0 atom stereocenters. The Bertz CT molecular complexity index is 366. The number of hydrogen-bond acceptors (Lipinski definition) is 4. The van der Waals surface area contributed by atoms with Gasteiger partial charge in [-0.2, -0.15) is 0 Å². The number of nitrogens with one attached hydrogen (secondary N) is 1. The average molecular weight is 242 g/mol. The summed E-state index contributed by atoms with van der Waals surface area (Å²) in [7, 11) is 0. The molecule has 1 saturated carbocycles. The van der Waals surface area contributed by atoms with Gasteiger partial charge >= 0.3 is 0 Å². The molecule has 0 saturated heterocycles. The van der Waals surface area contributed by atoms with Crippen molar-refractivity contribution in [2.75, 3.05) is 17.7 Å². The van der Waals surface area contributed by atoms with E-state index in [4.69, 9.17) is 22.1 Å². The normalized spacial score (nSPS) is 23.9. The number of anilines is 2. The van der Waals surface area contributed by atoms with E-state index in [9.17, 15) is 0 Å². The molecule has 88 valence electrons. The fraction of sp³-hybridized carbons (Fsp3) is 0.545. The van der Waals surface area contributed by atoms with E-state index >= 15 is 0 Å². The molecule has 2 rings (SSSR count). The van der Waals surface area contributed by atoms with Crippen LogP contribution in [0.1, 0.15) is 19.8 Å². The molecule has 0 unspecified atom stereocenters. The van der Waals surface area contributed by atoms with Crippen LogP contribution in [0.2, 0.25) is 5.15 Å². The number of nitrogens with two attached hydrogens (primary N) is 1. The number of rotatable bonds is 4. The van der Waals surface area contributed by atoms with Crippen molar-refractivity contribution in [3.8, 4) is 0 Å². The summed E-state index contributed by atoms with van der Waals surface area (Å²) >= 11 is 5.81. The van der Waals surface area contributed by atoms with Crippen LogP contribution in [-0.4, -0.2) is 23.7 Å². The monoisotopic (exact) mass is 241 g/mol. The van der Waals surface area contributed by atoms with Crippen molar-refractivity contribution >= 4 is 23.1 Å². The summed E-state index contributed by atoms with van der Waals surface area (Å²) in [6, 6.07) is 3.84. The van der Waals surface area contributed by atoms with E-state index in [2.05, 4.69) is 10.3 Å². The zero-order valence-electron chi connectivity index (χ0n) is 9.24. The van der Waals surface area contributed by atoms with Crippen molar-refractivity contribution in [3.63, 3.8) is 0 Å². The second-order valence-electron chi connectivity index (χ2n) is 3.96. The Kier molecular flexibility index (Phi) is 3.51. The van der Waals surface area contributed by atoms with Gasteiger partial charge in [0, 0.05) is 12.6 Å². The molecular weight excluding hydrogens is 226 g/mol. The fourth-order valence-corrected chi connectivity index (χ4v) is 1.96. The average Bonchev–Trinajstić information content (AvgIpc) is 2.20. The van der Waals surface area contributed by atoms with Crippen LogP contribution < -0.4 is 11.1 Å². The molecule has 0 radical (unpaired) electrons. The molecule has 5 heteroatoms. The van der Waals surface area contributed by atoms with E-state index in [1.807, 2.05) is 6.92 Å². The van der Waals surface area contributed by atoms with Crippen LogP contribution in [0.3, 0.4) is 0 Å². The zero-order chi connectivity index (χ0) is 11.5. The summed E-state index contributed by atoms with van der Waals surface area (Å²) in [6.45, 7) is 2.78. The van der Waals surface area contributed by atoms with Gasteiger partial charge < -0.3 is 15.8 Å². The predicted molar refractivity (Wildman–Crippen MR) is 65.7 cm³/mol. The van der Waals surface area contributed by atoms with Gasteiger partial charge in [0.2, 0.25) is 0 Å². The third-order valence-corrected chi connectivity index (χ3v) is 2.94. The molecule has 0 aromatic carbocycles. The minimum atomic E-state index is 0.378. The lowest BCUT2D eigenvalue weighted by Gasteiger charge is -2.35. The smallest absolute Gasteiger partial charge is 0.151 e. The topological polar surface area (TPSA) is 60.2 Å². The molecule has 0 bridgehead atoms. The van der Waals surface area contributed by atoms with Crippen molar-refractivity contribution in [1.82, 2.24) is 4.98 Å². The second kappa shape index (κ2) is 4.89. The van der Waals surface area contributed by atoms with Gasteiger partial charge in [-0.05, 0) is 31.9 Å². The summed E-state index contributed by atoms with van der Waals surface area (Å²) in [5, 5.41) is 3.73. The zero-order valence-corrected chi connectivity index (χ0v) is 10.00. The number of aromatic nitrogens is 1. The van der Waals surface area contributed by atoms with E-state index in [-0.39, 0.29) is 0 Å². The van der Waals surface area contributed by atoms with E-state index in [1.54, 1.807) is 12.1 Å². The number of pyridine rings is 1. The first-order valence-electron chi connectivity index (χ1n) is 5.49. The Balaban J connectivity index is 1.89. The Morgan fingerprint density at radius 3 is 3.00 bits per heavy atom. The van der Waals surface area contributed by atoms with Gasteiger partial charge in [-0.25, -0.2) is 4.98 Å². The quantitative estimate of drug-likeness (QED) is 0.795. The summed E-state index contributed by atoms with van der Waals surface area (Å²) in [5.74, 6) is 0.674. The van der Waals surface area contributed by atoms with Gasteiger partial charge in [0.25, 0.3) is 0 Å². The molecule has 4 nitrogen and oxygen atoms in total. The Morgan fingerprint density at radius 1 is 1.56 bits per heavy atom. The molecule has 1 aliphatic rings. The van der Waals surface area contributed by atoms with Gasteiger partial charge in [-0.1, -0.05) is 11.6 Å². The van der Waals surface area contributed by atoms with Crippen molar-refractivity contribution < 1.29 is 4.74 Å². The highest BCUT2D eigenvalue weighted by Crippen LogP contribution is 2.28.